The van der Waals surface area contributed by atoms with Crippen molar-refractivity contribution in [2.45, 2.75) is 31.4 Å². The molecule has 1 aromatic rings. The molecule has 3 rings (SSSR count). The number of likely N-dealkylation sites (tertiary alicyclic amines) is 1. The Morgan fingerprint density at radius 2 is 1.86 bits per heavy atom. The molecular weight excluding hydrogens is 416 g/mol. The van der Waals surface area contributed by atoms with Crippen LogP contribution in [0, 0.1) is 11.8 Å². The molecule has 7 nitrogen and oxygen atoms in total. The van der Waals surface area contributed by atoms with Gasteiger partial charge >= 0.3 is 5.97 Å². The van der Waals surface area contributed by atoms with E-state index in [1.54, 1.807) is 29.2 Å². The minimum atomic E-state index is -3.53. The quantitative estimate of drug-likeness (QED) is 0.653. The third-order valence-corrected chi connectivity index (χ3v) is 7.76. The van der Waals surface area contributed by atoms with Crippen LogP contribution in [-0.4, -0.2) is 62.8 Å². The number of esters is 1. The topological polar surface area (TPSA) is 84.0 Å². The van der Waals surface area contributed by atoms with Crippen molar-refractivity contribution < 1.29 is 22.7 Å². The van der Waals surface area contributed by atoms with E-state index in [0.29, 0.717) is 55.9 Å². The van der Waals surface area contributed by atoms with Crippen LogP contribution in [0.3, 0.4) is 0 Å². The zero-order valence-corrected chi connectivity index (χ0v) is 18.1. The molecule has 29 heavy (non-hydrogen) atoms. The Kier molecular flexibility index (Phi) is 7.19. The van der Waals surface area contributed by atoms with Crippen LogP contribution in [0.5, 0.6) is 0 Å². The van der Waals surface area contributed by atoms with Crippen LogP contribution >= 0.6 is 11.6 Å². The van der Waals surface area contributed by atoms with E-state index in [0.717, 1.165) is 0 Å². The number of benzene rings is 1. The highest BCUT2D eigenvalue weighted by molar-refractivity contribution is 7.88. The van der Waals surface area contributed by atoms with Crippen LogP contribution in [0.25, 0.3) is 0 Å². The molecule has 0 saturated carbocycles. The van der Waals surface area contributed by atoms with Crippen LogP contribution in [-0.2, 0) is 30.1 Å². The second-order valence-corrected chi connectivity index (χ2v) is 10.1. The van der Waals surface area contributed by atoms with Gasteiger partial charge in [0.05, 0.1) is 24.7 Å². The molecule has 0 aromatic heterocycles. The minimum absolute atomic E-state index is 0.0176. The van der Waals surface area contributed by atoms with Crippen molar-refractivity contribution in [3.8, 4) is 0 Å². The molecule has 2 aliphatic rings. The number of carbonyl (C=O) groups is 2. The molecule has 0 N–H and O–H groups in total. The second-order valence-electron chi connectivity index (χ2n) is 7.71. The summed E-state index contributed by atoms with van der Waals surface area (Å²) in [6.45, 7) is 1.64. The van der Waals surface area contributed by atoms with Gasteiger partial charge in [-0.2, -0.15) is 0 Å². The van der Waals surface area contributed by atoms with E-state index < -0.39 is 10.0 Å². The largest absolute Gasteiger partial charge is 0.469 e. The highest BCUT2D eigenvalue weighted by Gasteiger charge is 2.36. The van der Waals surface area contributed by atoms with Crippen LogP contribution < -0.4 is 0 Å². The van der Waals surface area contributed by atoms with Crippen LogP contribution in [0.4, 0.5) is 0 Å². The molecule has 9 heteroatoms. The molecule has 1 amide bonds. The summed E-state index contributed by atoms with van der Waals surface area (Å²) in [5, 5.41) is 0.500. The number of carbonyl (C=O) groups excluding carboxylic acids is 2. The van der Waals surface area contributed by atoms with Gasteiger partial charge in [0.1, 0.15) is 0 Å². The smallest absolute Gasteiger partial charge is 0.308 e. The van der Waals surface area contributed by atoms with Crippen LogP contribution in [0.1, 0.15) is 31.2 Å². The Morgan fingerprint density at radius 3 is 2.52 bits per heavy atom. The van der Waals surface area contributed by atoms with Crippen molar-refractivity contribution in [2.75, 3.05) is 33.3 Å². The fraction of sp³-hybridized carbons (Fsp3) is 0.600. The molecule has 1 atom stereocenters. The maximum Gasteiger partial charge on any atom is 0.308 e. The van der Waals surface area contributed by atoms with Gasteiger partial charge in [-0.15, -0.1) is 0 Å². The molecule has 160 valence electrons. The van der Waals surface area contributed by atoms with Crippen LogP contribution in [0.15, 0.2) is 24.3 Å². The first-order valence-electron chi connectivity index (χ1n) is 9.89. The predicted molar refractivity (Wildman–Crippen MR) is 110 cm³/mol. The van der Waals surface area contributed by atoms with Crippen molar-refractivity contribution in [2.24, 2.45) is 11.8 Å². The molecule has 0 aliphatic carbocycles. The number of hydrogen-bond acceptors (Lipinski definition) is 5. The van der Waals surface area contributed by atoms with E-state index in [4.69, 9.17) is 16.3 Å². The highest BCUT2D eigenvalue weighted by atomic mass is 35.5. The summed E-state index contributed by atoms with van der Waals surface area (Å²) in [6, 6.07) is 6.82. The Bertz CT molecular complexity index is 852. The van der Waals surface area contributed by atoms with Gasteiger partial charge < -0.3 is 9.64 Å². The molecule has 2 fully saturated rings. The van der Waals surface area contributed by atoms with E-state index in [2.05, 4.69) is 0 Å². The number of hydrogen-bond donors (Lipinski definition) is 0. The van der Waals surface area contributed by atoms with Crippen molar-refractivity contribution in [1.82, 2.24) is 9.21 Å². The number of halogens is 1. The Labute approximate surface area is 177 Å². The normalized spacial score (nSPS) is 21.7. The van der Waals surface area contributed by atoms with Gasteiger partial charge in [0.15, 0.2) is 0 Å². The van der Waals surface area contributed by atoms with Crippen molar-refractivity contribution in [3.05, 3.63) is 34.9 Å². The highest BCUT2D eigenvalue weighted by Crippen LogP contribution is 2.26. The Hall–Kier alpha value is -1.64. The van der Waals surface area contributed by atoms with Crippen molar-refractivity contribution >= 4 is 33.5 Å². The first kappa shape index (κ1) is 22.1. The van der Waals surface area contributed by atoms with Gasteiger partial charge in [-0.1, -0.05) is 23.7 Å². The summed E-state index contributed by atoms with van der Waals surface area (Å²) in [4.78, 5) is 26.4. The number of rotatable bonds is 5. The first-order chi connectivity index (χ1) is 13.8. The second kappa shape index (κ2) is 9.45. The third-order valence-electron chi connectivity index (χ3n) is 5.71. The molecule has 1 aromatic carbocycles. The maximum absolute atomic E-state index is 12.9. The van der Waals surface area contributed by atoms with E-state index in [1.165, 1.54) is 11.4 Å². The summed E-state index contributed by atoms with van der Waals surface area (Å²) in [6.07, 6.45) is 2.51. The van der Waals surface area contributed by atoms with Gasteiger partial charge in [0, 0.05) is 31.2 Å². The van der Waals surface area contributed by atoms with E-state index in [9.17, 15) is 18.0 Å². The summed E-state index contributed by atoms with van der Waals surface area (Å²) in [7, 11) is -2.16. The van der Waals surface area contributed by atoms with Gasteiger partial charge in [-0.3, -0.25) is 9.59 Å². The lowest BCUT2D eigenvalue weighted by molar-refractivity contribution is -0.149. The number of nitrogens with zero attached hydrogens (tertiary/aromatic N) is 2. The summed E-state index contributed by atoms with van der Waals surface area (Å²) in [5.41, 5.74) is 0.635. The van der Waals surface area contributed by atoms with E-state index in [1.807, 2.05) is 0 Å². The molecule has 0 bridgehead atoms. The lowest BCUT2D eigenvalue weighted by Crippen LogP contribution is -2.49. The van der Waals surface area contributed by atoms with Crippen molar-refractivity contribution in [3.63, 3.8) is 0 Å². The monoisotopic (exact) mass is 442 g/mol. The first-order valence-corrected chi connectivity index (χ1v) is 11.9. The fourth-order valence-corrected chi connectivity index (χ4v) is 5.90. The Morgan fingerprint density at radius 1 is 1.14 bits per heavy atom. The molecule has 0 radical (unpaired) electrons. The molecule has 2 saturated heterocycles. The minimum Gasteiger partial charge on any atom is -0.469 e. The van der Waals surface area contributed by atoms with Gasteiger partial charge in [-0.25, -0.2) is 12.7 Å². The number of piperidine rings is 2. The molecular formula is C20H27ClN2O5S. The molecule has 2 heterocycles. The number of sulfonamides is 1. The van der Waals surface area contributed by atoms with E-state index in [-0.39, 0.29) is 36.0 Å². The Balaban J connectivity index is 1.60. The maximum atomic E-state index is 12.9. The van der Waals surface area contributed by atoms with Crippen LogP contribution in [0.2, 0.25) is 5.02 Å². The summed E-state index contributed by atoms with van der Waals surface area (Å²) >= 11 is 5.96. The number of ether oxygens (including phenoxy) is 1. The average Bonchev–Trinajstić information content (AvgIpc) is 2.72. The molecule has 0 spiro atoms. The third kappa shape index (κ3) is 5.49. The summed E-state index contributed by atoms with van der Waals surface area (Å²) < 4.78 is 32.0. The van der Waals surface area contributed by atoms with Gasteiger partial charge in [-0.05, 0) is 43.4 Å². The summed E-state index contributed by atoms with van der Waals surface area (Å²) in [5.74, 6) is -0.875. The zero-order chi connectivity index (χ0) is 21.0. The standard InChI is InChI=1S/C20H27ClN2O5S/c1-28-20(25)16-7-10-22(11-8-16)19(24)17-5-3-9-23(13-17)29(26,27)14-15-4-2-6-18(21)12-15/h2,4,6,12,16-17H,3,5,7-11,13-14H2,1H3/t17-/m0/s1. The van der Waals surface area contributed by atoms with Gasteiger partial charge in [0.2, 0.25) is 15.9 Å². The molecule has 2 aliphatic heterocycles. The SMILES string of the molecule is COC(=O)C1CCN(C(=O)[C@H]2CCCN(S(=O)(=O)Cc3cccc(Cl)c3)C2)CC1. The molecule has 0 unspecified atom stereocenters. The number of amides is 1. The lowest BCUT2D eigenvalue weighted by Gasteiger charge is -2.37. The average molecular weight is 443 g/mol. The van der Waals surface area contributed by atoms with Gasteiger partial charge in [0.25, 0.3) is 0 Å². The zero-order valence-electron chi connectivity index (χ0n) is 16.5. The van der Waals surface area contributed by atoms with E-state index >= 15 is 0 Å². The lowest BCUT2D eigenvalue weighted by atomic mass is 9.93. The van der Waals surface area contributed by atoms with Crippen molar-refractivity contribution in [1.29, 1.82) is 0 Å². The predicted octanol–water partition coefficient (Wildman–Crippen LogP) is 2.29. The fourth-order valence-electron chi connectivity index (χ4n) is 4.09. The number of methoxy groups -OCH3 is 1.